The molecule has 12 heteroatoms. The Hall–Kier alpha value is -4.41. The number of anilines is 1. The molecule has 10 nitrogen and oxygen atoms in total. The molecule has 3 atom stereocenters. The number of H-pyrrole nitrogens is 1. The molecule has 3 aromatic heterocycles. The summed E-state index contributed by atoms with van der Waals surface area (Å²) in [6, 6.07) is 14.5. The van der Waals surface area contributed by atoms with E-state index in [-0.39, 0.29) is 41.1 Å². The summed E-state index contributed by atoms with van der Waals surface area (Å²) in [4.78, 5) is 33.4. The molecule has 0 saturated heterocycles. The molecule has 40 heavy (non-hydrogen) atoms. The van der Waals surface area contributed by atoms with E-state index in [0.717, 1.165) is 46.0 Å². The molecule has 1 saturated carbocycles. The van der Waals surface area contributed by atoms with Crippen molar-refractivity contribution in [2.45, 2.75) is 18.4 Å². The zero-order valence-corrected chi connectivity index (χ0v) is 22.1. The van der Waals surface area contributed by atoms with Crippen LogP contribution in [0.25, 0.3) is 28.1 Å². The highest BCUT2D eigenvalue weighted by Crippen LogP contribution is 2.60. The molecular formula is C28H19Cl2N7O3. The Labute approximate surface area is 236 Å². The van der Waals surface area contributed by atoms with Crippen LogP contribution in [0.4, 0.5) is 5.69 Å². The zero-order chi connectivity index (χ0) is 27.1. The number of aromatic nitrogens is 6. The summed E-state index contributed by atoms with van der Waals surface area (Å²) in [5.41, 5.74) is 5.45. The third kappa shape index (κ3) is 3.67. The maximum Gasteiger partial charge on any atom is 0.262 e. The maximum absolute atomic E-state index is 13.6. The number of halogens is 2. The van der Waals surface area contributed by atoms with Crippen LogP contribution in [-0.2, 0) is 4.79 Å². The number of rotatable bonds is 4. The average molecular weight is 572 g/mol. The highest BCUT2D eigenvalue weighted by molar-refractivity contribution is 6.31. The summed E-state index contributed by atoms with van der Waals surface area (Å²) in [6.45, 7) is -0.0131. The molecule has 0 unspecified atom stereocenters. The predicted octanol–water partition coefficient (Wildman–Crippen LogP) is 4.83. The monoisotopic (exact) mass is 571 g/mol. The van der Waals surface area contributed by atoms with Crippen LogP contribution in [0.2, 0.25) is 10.2 Å². The number of fused-ring (bicyclic) bond motifs is 4. The predicted molar refractivity (Wildman–Crippen MR) is 148 cm³/mol. The molecule has 8 rings (SSSR count). The van der Waals surface area contributed by atoms with Crippen LogP contribution in [0.1, 0.15) is 29.9 Å². The van der Waals surface area contributed by atoms with Gasteiger partial charge in [0.25, 0.3) is 11.5 Å². The number of carbonyl (C=O) groups excluding carboxylic acids is 1. The van der Waals surface area contributed by atoms with E-state index in [4.69, 9.17) is 27.9 Å². The molecule has 5 aromatic rings. The molecule has 198 valence electrons. The molecule has 2 aliphatic heterocycles. The normalized spacial score (nSPS) is 20.4. The van der Waals surface area contributed by atoms with Crippen molar-refractivity contribution in [1.82, 2.24) is 29.5 Å². The van der Waals surface area contributed by atoms with Gasteiger partial charge in [-0.1, -0.05) is 34.5 Å². The van der Waals surface area contributed by atoms with Crippen molar-refractivity contribution in [1.29, 1.82) is 0 Å². The van der Waals surface area contributed by atoms with Crippen molar-refractivity contribution in [2.24, 2.45) is 5.92 Å². The van der Waals surface area contributed by atoms with Crippen LogP contribution < -0.4 is 15.6 Å². The Morgan fingerprint density at radius 2 is 1.93 bits per heavy atom. The van der Waals surface area contributed by atoms with E-state index < -0.39 is 0 Å². The second kappa shape index (κ2) is 8.54. The van der Waals surface area contributed by atoms with Crippen molar-refractivity contribution in [2.75, 3.05) is 11.9 Å². The number of benzene rings is 2. The van der Waals surface area contributed by atoms with Crippen LogP contribution in [0.5, 0.6) is 5.75 Å². The van der Waals surface area contributed by atoms with Gasteiger partial charge in [0.05, 0.1) is 35.5 Å². The number of nitrogens with zero attached hydrogens (tertiary/aromatic N) is 5. The summed E-state index contributed by atoms with van der Waals surface area (Å²) in [6.07, 6.45) is 4.37. The molecule has 1 aliphatic carbocycles. The first-order chi connectivity index (χ1) is 19.4. The number of hydrogen-bond acceptors (Lipinski definition) is 6. The summed E-state index contributed by atoms with van der Waals surface area (Å²) in [5.74, 6) is 1.74. The van der Waals surface area contributed by atoms with Crippen molar-refractivity contribution in [3.05, 3.63) is 93.0 Å². The van der Waals surface area contributed by atoms with Crippen LogP contribution in [0, 0.1) is 5.92 Å². The number of nitrogens with one attached hydrogen (secondary N) is 2. The van der Waals surface area contributed by atoms with Gasteiger partial charge < -0.3 is 19.6 Å². The largest absolute Gasteiger partial charge is 0.482 e. The molecule has 3 aliphatic rings. The fraction of sp³-hybridized carbons (Fsp3) is 0.179. The van der Waals surface area contributed by atoms with E-state index in [2.05, 4.69) is 31.7 Å². The molecule has 1 amide bonds. The molecule has 1 fully saturated rings. The Morgan fingerprint density at radius 3 is 2.77 bits per heavy atom. The van der Waals surface area contributed by atoms with Crippen molar-refractivity contribution in [3.8, 4) is 33.8 Å². The van der Waals surface area contributed by atoms with Crippen LogP contribution in [0.3, 0.4) is 0 Å². The van der Waals surface area contributed by atoms with Crippen LogP contribution >= 0.6 is 23.2 Å². The van der Waals surface area contributed by atoms with Gasteiger partial charge in [0.2, 0.25) is 0 Å². The van der Waals surface area contributed by atoms with E-state index in [1.165, 1.54) is 0 Å². The van der Waals surface area contributed by atoms with E-state index in [1.807, 2.05) is 34.9 Å². The van der Waals surface area contributed by atoms with Gasteiger partial charge in [-0.2, -0.15) is 0 Å². The lowest BCUT2D eigenvalue weighted by Gasteiger charge is -2.18. The lowest BCUT2D eigenvalue weighted by molar-refractivity contribution is -0.118. The smallest absolute Gasteiger partial charge is 0.262 e. The molecule has 0 radical (unpaired) electrons. The number of imidazole rings is 1. The number of amides is 1. The number of ether oxygens (including phenoxy) is 1. The first-order valence-electron chi connectivity index (χ1n) is 12.7. The summed E-state index contributed by atoms with van der Waals surface area (Å²) >= 11 is 12.4. The van der Waals surface area contributed by atoms with E-state index in [1.54, 1.807) is 29.2 Å². The fourth-order valence-corrected chi connectivity index (χ4v) is 6.23. The van der Waals surface area contributed by atoms with Crippen molar-refractivity contribution in [3.63, 3.8) is 0 Å². The second-order valence-electron chi connectivity index (χ2n) is 10.2. The van der Waals surface area contributed by atoms with Gasteiger partial charge in [-0.05, 0) is 54.3 Å². The molecule has 2 N–H and O–H groups in total. The number of pyridine rings is 1. The molecule has 5 heterocycles. The van der Waals surface area contributed by atoms with E-state index in [9.17, 15) is 9.59 Å². The zero-order valence-electron chi connectivity index (χ0n) is 20.6. The summed E-state index contributed by atoms with van der Waals surface area (Å²) < 4.78 is 9.00. The Morgan fingerprint density at radius 1 is 1.02 bits per heavy atom. The van der Waals surface area contributed by atoms with E-state index in [0.29, 0.717) is 16.5 Å². The van der Waals surface area contributed by atoms with Crippen molar-refractivity contribution < 1.29 is 9.53 Å². The third-order valence-electron chi connectivity index (χ3n) is 7.78. The number of aromatic amines is 1. The molecule has 0 bridgehead atoms. The first kappa shape index (κ1) is 23.5. The quantitative estimate of drug-likeness (QED) is 0.319. The van der Waals surface area contributed by atoms with Gasteiger partial charge in [0.1, 0.15) is 11.6 Å². The molecule has 0 spiro atoms. The Balaban J connectivity index is 1.17. The Kier molecular flexibility index (Phi) is 5.01. The SMILES string of the molecule is O=C1COc2cc(-c3cnc([C@@H]4[C@H]5C[C@H]5c5cc(-c6cc(Cl)ccc6-n6cc(Cl)nn6)cc(=O)n54)[nH]3)ccc2N1. The highest BCUT2D eigenvalue weighted by atomic mass is 35.5. The van der Waals surface area contributed by atoms with Gasteiger partial charge in [0.15, 0.2) is 11.8 Å². The standard InChI is InChI=1S/C28H19Cl2N7O3/c29-15-2-4-21(36-11-24(30)34-35-36)16(8-15)14-5-22-17-9-18(17)27(37(22)26(39)7-14)28-31-10-20(33-28)13-1-3-19-23(6-13)40-12-25(38)32-19/h1-8,10-11,17-18,27H,9,12H2,(H,31,33)(H,32,38)/t17-,18+,27+/m1/s1. The topological polar surface area (TPSA) is 120 Å². The number of carbonyl (C=O) groups is 1. The first-order valence-corrected chi connectivity index (χ1v) is 13.4. The third-order valence-corrected chi connectivity index (χ3v) is 8.19. The summed E-state index contributed by atoms with van der Waals surface area (Å²) in [5, 5.41) is 11.6. The average Bonchev–Trinajstić information content (AvgIpc) is 3.23. The van der Waals surface area contributed by atoms with Crippen LogP contribution in [0.15, 0.2) is 65.7 Å². The van der Waals surface area contributed by atoms with E-state index >= 15 is 0 Å². The second-order valence-corrected chi connectivity index (χ2v) is 11.0. The van der Waals surface area contributed by atoms with Gasteiger partial charge in [0, 0.05) is 33.8 Å². The maximum atomic E-state index is 13.6. The van der Waals surface area contributed by atoms with Gasteiger partial charge in [-0.15, -0.1) is 5.10 Å². The highest BCUT2D eigenvalue weighted by Gasteiger charge is 2.54. The Bertz CT molecular complexity index is 1930. The minimum atomic E-state index is -0.184. The van der Waals surface area contributed by atoms with Crippen molar-refractivity contribution >= 4 is 34.8 Å². The van der Waals surface area contributed by atoms with Crippen LogP contribution in [-0.4, -0.2) is 42.0 Å². The lowest BCUT2D eigenvalue weighted by atomic mass is 10.0. The van der Waals surface area contributed by atoms with Gasteiger partial charge in [-0.3, -0.25) is 9.59 Å². The van der Waals surface area contributed by atoms with Gasteiger partial charge >= 0.3 is 0 Å². The summed E-state index contributed by atoms with van der Waals surface area (Å²) in [7, 11) is 0. The minimum absolute atomic E-state index is 0.0131. The molecule has 2 aromatic carbocycles. The molecular weight excluding hydrogens is 553 g/mol. The van der Waals surface area contributed by atoms with Gasteiger partial charge in [-0.25, -0.2) is 9.67 Å². The number of hydrogen-bond donors (Lipinski definition) is 2. The fourth-order valence-electron chi connectivity index (χ4n) is 5.94. The lowest BCUT2D eigenvalue weighted by Crippen LogP contribution is -2.26. The minimum Gasteiger partial charge on any atom is -0.482 e.